The molecule has 12 heteroatoms. The van der Waals surface area contributed by atoms with Gasteiger partial charge < -0.3 is 9.80 Å². The Morgan fingerprint density at radius 3 is 2.36 bits per heavy atom. The van der Waals surface area contributed by atoms with Crippen LogP contribution in [-0.2, 0) is 24.4 Å². The average Bonchev–Trinajstić information content (AvgIpc) is 3.47. The van der Waals surface area contributed by atoms with Gasteiger partial charge in [-0.05, 0) is 36.1 Å². The molecule has 0 bridgehead atoms. The lowest BCUT2D eigenvalue weighted by Gasteiger charge is -2.37. The lowest BCUT2D eigenvalue weighted by atomic mass is 9.89. The van der Waals surface area contributed by atoms with Gasteiger partial charge in [0.05, 0.1) is 10.9 Å². The maximum Gasteiger partial charge on any atom is 0.290 e. The summed E-state index contributed by atoms with van der Waals surface area (Å²) in [6, 6.07) is 5.92. The zero-order valence-electron chi connectivity index (χ0n) is 20.6. The number of hydrogen-bond acceptors (Lipinski definition) is 8. The predicted molar refractivity (Wildman–Crippen MR) is 144 cm³/mol. The average molecular weight is 540 g/mol. The highest BCUT2D eigenvalue weighted by Crippen LogP contribution is 2.27. The second-order valence-corrected chi connectivity index (χ2v) is 12.8. The maximum atomic E-state index is 13.2. The van der Waals surface area contributed by atoms with Gasteiger partial charge in [-0.3, -0.25) is 24.0 Å². The van der Waals surface area contributed by atoms with Crippen LogP contribution in [-0.4, -0.2) is 79.6 Å². The van der Waals surface area contributed by atoms with Crippen molar-refractivity contribution in [3.63, 3.8) is 0 Å². The Hall–Kier alpha value is -2.83. The van der Waals surface area contributed by atoms with Crippen LogP contribution < -0.4 is 9.62 Å². The number of sulfonamides is 1. The Kier molecular flexibility index (Phi) is 7.48. The predicted octanol–water partition coefficient (Wildman–Crippen LogP) is 2.94. The highest BCUT2D eigenvalue weighted by Gasteiger charge is 2.39. The maximum absolute atomic E-state index is 13.2. The molecule has 2 aliphatic rings. The summed E-state index contributed by atoms with van der Waals surface area (Å²) in [4.78, 5) is 47.4. The monoisotopic (exact) mass is 539 g/mol. The van der Waals surface area contributed by atoms with E-state index in [1.54, 1.807) is 27.3 Å². The van der Waals surface area contributed by atoms with Crippen LogP contribution in [0.5, 0.6) is 0 Å². The molecule has 0 spiro atoms. The number of aromatic nitrogens is 1. The van der Waals surface area contributed by atoms with E-state index in [4.69, 9.17) is 0 Å². The van der Waals surface area contributed by atoms with Gasteiger partial charge in [0.2, 0.25) is 11.7 Å². The van der Waals surface area contributed by atoms with E-state index in [-0.39, 0.29) is 43.9 Å². The van der Waals surface area contributed by atoms with Gasteiger partial charge in [0, 0.05) is 60.7 Å². The number of carbonyl (C=O) groups excluding carboxylic acids is 3. The lowest BCUT2D eigenvalue weighted by molar-refractivity contribution is -0.147. The van der Waals surface area contributed by atoms with Crippen molar-refractivity contribution in [1.29, 1.82) is 0 Å². The molecule has 0 aliphatic carbocycles. The van der Waals surface area contributed by atoms with Gasteiger partial charge in [0.25, 0.3) is 15.9 Å². The topological polar surface area (TPSA) is 120 Å². The van der Waals surface area contributed by atoms with E-state index in [1.165, 1.54) is 29.7 Å². The summed E-state index contributed by atoms with van der Waals surface area (Å²) < 4.78 is 27.6. The molecule has 1 aromatic heterocycles. The van der Waals surface area contributed by atoms with Crippen molar-refractivity contribution in [2.24, 2.45) is 5.41 Å². The van der Waals surface area contributed by atoms with Gasteiger partial charge in [-0.25, -0.2) is 13.4 Å². The minimum Gasteiger partial charge on any atom is -0.334 e. The van der Waals surface area contributed by atoms with Crippen LogP contribution in [0.15, 0.2) is 40.7 Å². The molecule has 2 fully saturated rings. The van der Waals surface area contributed by atoms with E-state index in [2.05, 4.69) is 14.6 Å². The largest absolute Gasteiger partial charge is 0.334 e. The molecule has 0 saturated carbocycles. The second kappa shape index (κ2) is 10.3. The Bertz CT molecular complexity index is 1230. The minimum atomic E-state index is -3.76. The highest BCUT2D eigenvalue weighted by atomic mass is 32.2. The smallest absolute Gasteiger partial charge is 0.290 e. The molecule has 200 valence electrons. The van der Waals surface area contributed by atoms with Gasteiger partial charge in [-0.2, -0.15) is 0 Å². The van der Waals surface area contributed by atoms with Crippen LogP contribution in [0.4, 0.5) is 10.8 Å². The van der Waals surface area contributed by atoms with Gasteiger partial charge in [0.15, 0.2) is 5.13 Å². The van der Waals surface area contributed by atoms with Crippen LogP contribution in [0.3, 0.4) is 0 Å². The Morgan fingerprint density at radius 2 is 1.78 bits per heavy atom. The number of ketones is 1. The third-order valence-electron chi connectivity index (χ3n) is 6.26. The molecule has 4 rings (SSSR count). The Labute approximate surface area is 219 Å². The first kappa shape index (κ1) is 26.2. The minimum absolute atomic E-state index is 0. The fraction of sp³-hybridized carbons (Fsp3) is 0.500. The summed E-state index contributed by atoms with van der Waals surface area (Å²) in [5.74, 6) is -0.857. The summed E-state index contributed by atoms with van der Waals surface area (Å²) in [6.45, 7) is 8.19. The number of hydrogen-bond donors (Lipinski definition) is 1. The molecule has 10 nitrogen and oxygen atoms in total. The van der Waals surface area contributed by atoms with Crippen molar-refractivity contribution < 1.29 is 27.1 Å². The number of benzene rings is 1. The van der Waals surface area contributed by atoms with E-state index in [9.17, 15) is 22.8 Å². The van der Waals surface area contributed by atoms with E-state index >= 15 is 0 Å². The van der Waals surface area contributed by atoms with Crippen LogP contribution >= 0.6 is 11.3 Å². The number of Topliss-reactive ketones (excluding diaryl/α,β-unsaturated/α-hetero) is 1. The highest BCUT2D eigenvalue weighted by molar-refractivity contribution is 7.93. The third-order valence-corrected chi connectivity index (χ3v) is 8.43. The third kappa shape index (κ3) is 5.93. The molecule has 2 aliphatic heterocycles. The first-order valence-corrected chi connectivity index (χ1v) is 14.2. The van der Waals surface area contributed by atoms with E-state index < -0.39 is 15.9 Å². The fourth-order valence-corrected chi connectivity index (χ4v) is 6.27. The van der Waals surface area contributed by atoms with Crippen LogP contribution in [0.1, 0.15) is 37.9 Å². The molecule has 3 heterocycles. The Morgan fingerprint density at radius 1 is 1.11 bits per heavy atom. The van der Waals surface area contributed by atoms with E-state index in [0.717, 1.165) is 0 Å². The van der Waals surface area contributed by atoms with Crippen LogP contribution in [0, 0.1) is 5.41 Å². The molecule has 2 aromatic rings. The van der Waals surface area contributed by atoms with Crippen molar-refractivity contribution in [2.45, 2.75) is 44.6 Å². The first-order chi connectivity index (χ1) is 16.9. The number of piperazine rings is 1. The summed E-state index contributed by atoms with van der Waals surface area (Å²) in [5.41, 5.74) is 0.395. The van der Waals surface area contributed by atoms with Crippen molar-refractivity contribution >= 4 is 49.8 Å². The molecule has 1 N–H and O–H groups in total. The molecule has 1 atom stereocenters. The number of anilines is 2. The Balaban J connectivity index is 0.00000253. The van der Waals surface area contributed by atoms with E-state index in [1.807, 2.05) is 20.8 Å². The molecule has 2 saturated heterocycles. The van der Waals surface area contributed by atoms with Gasteiger partial charge >= 0.3 is 0 Å². The standard InChI is InChI=1S/C24H31N5O5S2.3H2/c1-24(2,3)16-20(30)22(32)28-13-11-27(12-14-28)19-8-10-29(21(19)31)17-4-6-18(7-5-17)36(33,34)26-23-25-9-15-35-23;;;/h4-7,9,15,19H,8,10-14,16H2,1-3H3,(H,25,26);3*1H/t19-;;;/m0.../s1. The summed E-state index contributed by atoms with van der Waals surface area (Å²) in [6.07, 6.45) is 2.37. The number of rotatable bonds is 7. The van der Waals surface area contributed by atoms with Crippen molar-refractivity contribution in [3.8, 4) is 0 Å². The van der Waals surface area contributed by atoms with Gasteiger partial charge in [0.1, 0.15) is 0 Å². The quantitative estimate of drug-likeness (QED) is 0.537. The van der Waals surface area contributed by atoms with Gasteiger partial charge in [-0.1, -0.05) is 20.8 Å². The number of carbonyl (C=O) groups is 3. The summed E-state index contributed by atoms with van der Waals surface area (Å²) in [5, 5.41) is 1.97. The molecule has 2 amide bonds. The normalized spacial score (nSPS) is 19.5. The second-order valence-electron chi connectivity index (χ2n) is 10.2. The van der Waals surface area contributed by atoms with Crippen molar-refractivity contribution in [1.82, 2.24) is 14.8 Å². The molecule has 0 unspecified atom stereocenters. The summed E-state index contributed by atoms with van der Waals surface area (Å²) in [7, 11) is -3.76. The van der Waals surface area contributed by atoms with Crippen LogP contribution in [0.2, 0.25) is 0 Å². The number of amides is 2. The molecular weight excluding hydrogens is 502 g/mol. The fourth-order valence-electron chi connectivity index (χ4n) is 4.48. The zero-order valence-corrected chi connectivity index (χ0v) is 22.3. The number of thiazole rings is 1. The molecule has 36 heavy (non-hydrogen) atoms. The molecule has 1 aromatic carbocycles. The van der Waals surface area contributed by atoms with E-state index in [0.29, 0.717) is 44.8 Å². The van der Waals surface area contributed by atoms with Crippen molar-refractivity contribution in [3.05, 3.63) is 35.8 Å². The number of nitrogens with one attached hydrogen (secondary N) is 1. The lowest BCUT2D eigenvalue weighted by Crippen LogP contribution is -2.55. The first-order valence-electron chi connectivity index (χ1n) is 11.8. The van der Waals surface area contributed by atoms with Gasteiger partial charge in [-0.15, -0.1) is 11.3 Å². The molecule has 0 radical (unpaired) electrons. The molecular formula is C24H37N5O5S2. The zero-order chi connectivity index (χ0) is 26.1. The van der Waals surface area contributed by atoms with Crippen molar-refractivity contribution in [2.75, 3.05) is 42.3 Å². The number of nitrogens with zero attached hydrogens (tertiary/aromatic N) is 4. The SMILES string of the molecule is CC(C)(C)CC(=O)C(=O)N1CCN([C@H]2CCN(c3ccc(S(=O)(=O)Nc4nccs4)cc3)C2=O)CC1.[HH].[HH].[HH]. The summed E-state index contributed by atoms with van der Waals surface area (Å²) >= 11 is 1.19. The van der Waals surface area contributed by atoms with Crippen LogP contribution in [0.25, 0.3) is 0 Å².